The van der Waals surface area contributed by atoms with E-state index in [9.17, 15) is 9.59 Å². The van der Waals surface area contributed by atoms with Gasteiger partial charge < -0.3 is 10.2 Å². The molecule has 1 unspecified atom stereocenters. The van der Waals surface area contributed by atoms with Crippen LogP contribution in [0.4, 0.5) is 0 Å². The molecule has 0 rings (SSSR count). The van der Waals surface area contributed by atoms with Gasteiger partial charge >= 0.3 is 11.9 Å². The highest BCUT2D eigenvalue weighted by Gasteiger charge is 2.15. The second-order valence-corrected chi connectivity index (χ2v) is 3.27. The third-order valence-corrected chi connectivity index (χ3v) is 1.51. The van der Waals surface area contributed by atoms with E-state index in [-0.39, 0.29) is 5.92 Å². The molecular weight excluding hydrogens is 172 g/mol. The average Bonchev–Trinajstić information content (AvgIpc) is 1.96. The van der Waals surface area contributed by atoms with Crippen LogP contribution >= 0.6 is 0 Å². The van der Waals surface area contributed by atoms with Gasteiger partial charge in [0.1, 0.15) is 0 Å². The highest BCUT2D eigenvalue weighted by atomic mass is 16.4. The van der Waals surface area contributed by atoms with E-state index >= 15 is 0 Å². The molecule has 1 atom stereocenters. The van der Waals surface area contributed by atoms with Gasteiger partial charge in [0.05, 0.1) is 5.92 Å². The van der Waals surface area contributed by atoms with Gasteiger partial charge in [-0.25, -0.2) is 4.79 Å². The highest BCUT2D eigenvalue weighted by molar-refractivity contribution is 5.81. The molecule has 0 amide bonds. The Morgan fingerprint density at radius 3 is 2.15 bits per heavy atom. The fourth-order valence-corrected chi connectivity index (χ4v) is 0.968. The molecule has 0 saturated carbocycles. The molecule has 0 aliphatic carbocycles. The Morgan fingerprint density at radius 2 is 1.85 bits per heavy atom. The number of carboxylic acid groups (broad SMARTS) is 2. The summed E-state index contributed by atoms with van der Waals surface area (Å²) in [4.78, 5) is 20.7. The standard InChI is InChI=1S/C9H14O4/c1-6(2)5-7(9(12)13)3-4-8(10)11/h3-4,6-7H,5H2,1-2H3,(H,10,11)(H,12,13)/b4-3+. The molecule has 0 aromatic carbocycles. The molecule has 0 aliphatic rings. The second kappa shape index (κ2) is 5.35. The summed E-state index contributed by atoms with van der Waals surface area (Å²) in [6, 6.07) is 0. The topological polar surface area (TPSA) is 74.6 Å². The Kier molecular flexibility index (Phi) is 4.80. The molecule has 0 spiro atoms. The molecule has 4 heteroatoms. The number of carbonyl (C=O) groups is 2. The zero-order valence-electron chi connectivity index (χ0n) is 7.73. The Bertz CT molecular complexity index is 218. The smallest absolute Gasteiger partial charge is 0.328 e. The van der Waals surface area contributed by atoms with Gasteiger partial charge in [-0.2, -0.15) is 0 Å². The van der Waals surface area contributed by atoms with E-state index in [0.29, 0.717) is 6.42 Å². The third kappa shape index (κ3) is 5.90. The summed E-state index contributed by atoms with van der Waals surface area (Å²) in [5.74, 6) is -2.56. The van der Waals surface area contributed by atoms with E-state index < -0.39 is 17.9 Å². The van der Waals surface area contributed by atoms with Crippen molar-refractivity contribution in [3.05, 3.63) is 12.2 Å². The zero-order chi connectivity index (χ0) is 10.4. The number of hydrogen-bond donors (Lipinski definition) is 2. The van der Waals surface area contributed by atoms with Gasteiger partial charge in [-0.1, -0.05) is 19.9 Å². The molecule has 0 aromatic heterocycles. The van der Waals surface area contributed by atoms with Gasteiger partial charge in [0.2, 0.25) is 0 Å². The summed E-state index contributed by atoms with van der Waals surface area (Å²) < 4.78 is 0. The van der Waals surface area contributed by atoms with Crippen molar-refractivity contribution in [3.63, 3.8) is 0 Å². The van der Waals surface area contributed by atoms with Crippen molar-refractivity contribution in [2.75, 3.05) is 0 Å². The third-order valence-electron chi connectivity index (χ3n) is 1.51. The first-order valence-corrected chi connectivity index (χ1v) is 4.07. The Balaban J connectivity index is 4.26. The van der Waals surface area contributed by atoms with Crippen molar-refractivity contribution in [2.45, 2.75) is 20.3 Å². The van der Waals surface area contributed by atoms with E-state index in [4.69, 9.17) is 10.2 Å². The minimum atomic E-state index is -1.12. The predicted molar refractivity (Wildman–Crippen MR) is 47.4 cm³/mol. The SMILES string of the molecule is CC(C)CC(/C=C/C(=O)O)C(=O)O. The number of aliphatic carboxylic acids is 2. The first-order chi connectivity index (χ1) is 5.93. The van der Waals surface area contributed by atoms with Gasteiger partial charge in [0, 0.05) is 6.08 Å². The summed E-state index contributed by atoms with van der Waals surface area (Å²) in [6.07, 6.45) is 2.55. The van der Waals surface area contributed by atoms with E-state index in [1.807, 2.05) is 13.8 Å². The monoisotopic (exact) mass is 186 g/mol. The van der Waals surface area contributed by atoms with Crippen molar-refractivity contribution < 1.29 is 19.8 Å². The van der Waals surface area contributed by atoms with E-state index in [1.165, 1.54) is 6.08 Å². The molecule has 0 fully saturated rings. The highest BCUT2D eigenvalue weighted by Crippen LogP contribution is 2.13. The molecule has 0 heterocycles. The lowest BCUT2D eigenvalue weighted by molar-refractivity contribution is -0.140. The van der Waals surface area contributed by atoms with Crippen LogP contribution in [0.1, 0.15) is 20.3 Å². The first-order valence-electron chi connectivity index (χ1n) is 4.07. The van der Waals surface area contributed by atoms with Crippen LogP contribution in [-0.2, 0) is 9.59 Å². The summed E-state index contributed by atoms with van der Waals surface area (Å²) >= 11 is 0. The molecule has 74 valence electrons. The minimum Gasteiger partial charge on any atom is -0.481 e. The fourth-order valence-electron chi connectivity index (χ4n) is 0.968. The maximum absolute atomic E-state index is 10.6. The molecule has 0 radical (unpaired) electrons. The van der Waals surface area contributed by atoms with Gasteiger partial charge in [0.15, 0.2) is 0 Å². The van der Waals surface area contributed by atoms with Crippen molar-refractivity contribution in [1.29, 1.82) is 0 Å². The van der Waals surface area contributed by atoms with Gasteiger partial charge in [-0.3, -0.25) is 4.79 Å². The lowest BCUT2D eigenvalue weighted by Gasteiger charge is -2.09. The van der Waals surface area contributed by atoms with Crippen molar-refractivity contribution in [1.82, 2.24) is 0 Å². The summed E-state index contributed by atoms with van der Waals surface area (Å²) in [5.41, 5.74) is 0. The molecular formula is C9H14O4. The molecule has 0 aliphatic heterocycles. The largest absolute Gasteiger partial charge is 0.481 e. The van der Waals surface area contributed by atoms with Crippen molar-refractivity contribution in [2.24, 2.45) is 11.8 Å². The first kappa shape index (κ1) is 11.7. The van der Waals surface area contributed by atoms with Crippen LogP contribution in [0.5, 0.6) is 0 Å². The number of rotatable bonds is 5. The van der Waals surface area contributed by atoms with Gasteiger partial charge in [-0.05, 0) is 12.3 Å². The summed E-state index contributed by atoms with van der Waals surface area (Å²) in [6.45, 7) is 3.79. The van der Waals surface area contributed by atoms with Gasteiger partial charge in [-0.15, -0.1) is 0 Å². The number of carboxylic acids is 2. The Hall–Kier alpha value is -1.32. The maximum atomic E-state index is 10.6. The maximum Gasteiger partial charge on any atom is 0.328 e. The van der Waals surface area contributed by atoms with Crippen LogP contribution in [0.3, 0.4) is 0 Å². The zero-order valence-corrected chi connectivity index (χ0v) is 7.73. The van der Waals surface area contributed by atoms with Crippen LogP contribution in [0, 0.1) is 11.8 Å². The minimum absolute atomic E-state index is 0.236. The van der Waals surface area contributed by atoms with Gasteiger partial charge in [0.25, 0.3) is 0 Å². The molecule has 13 heavy (non-hydrogen) atoms. The fraction of sp³-hybridized carbons (Fsp3) is 0.556. The summed E-state index contributed by atoms with van der Waals surface area (Å²) in [7, 11) is 0. The van der Waals surface area contributed by atoms with Crippen LogP contribution in [0.15, 0.2) is 12.2 Å². The predicted octanol–water partition coefficient (Wildman–Crippen LogP) is 1.37. The van der Waals surface area contributed by atoms with Crippen LogP contribution in [0.2, 0.25) is 0 Å². The van der Waals surface area contributed by atoms with E-state index in [2.05, 4.69) is 0 Å². The normalized spacial score (nSPS) is 13.5. The molecule has 0 saturated heterocycles. The van der Waals surface area contributed by atoms with E-state index in [0.717, 1.165) is 6.08 Å². The quantitative estimate of drug-likeness (QED) is 0.636. The van der Waals surface area contributed by atoms with Crippen LogP contribution < -0.4 is 0 Å². The lowest BCUT2D eigenvalue weighted by atomic mass is 9.97. The molecule has 0 aromatic rings. The Morgan fingerprint density at radius 1 is 1.31 bits per heavy atom. The molecule has 0 bridgehead atoms. The lowest BCUT2D eigenvalue weighted by Crippen LogP contribution is -2.13. The molecule has 4 nitrogen and oxygen atoms in total. The van der Waals surface area contributed by atoms with Crippen molar-refractivity contribution >= 4 is 11.9 Å². The molecule has 2 N–H and O–H groups in total. The van der Waals surface area contributed by atoms with E-state index in [1.54, 1.807) is 0 Å². The number of hydrogen-bond acceptors (Lipinski definition) is 2. The van der Waals surface area contributed by atoms with Crippen molar-refractivity contribution in [3.8, 4) is 0 Å². The Labute approximate surface area is 76.9 Å². The average molecular weight is 186 g/mol. The summed E-state index contributed by atoms with van der Waals surface area (Å²) in [5, 5.41) is 17.0. The van der Waals surface area contributed by atoms with Crippen LogP contribution in [0.25, 0.3) is 0 Å². The second-order valence-electron chi connectivity index (χ2n) is 3.27. The van der Waals surface area contributed by atoms with Crippen LogP contribution in [-0.4, -0.2) is 22.2 Å².